The van der Waals surface area contributed by atoms with Crippen molar-refractivity contribution in [2.24, 2.45) is 5.73 Å². The van der Waals surface area contributed by atoms with Crippen molar-refractivity contribution in [3.8, 4) is 0 Å². The quantitative estimate of drug-likeness (QED) is 0.834. The monoisotopic (exact) mass is 332 g/mol. The van der Waals surface area contributed by atoms with Crippen molar-refractivity contribution in [3.05, 3.63) is 51.5 Å². The van der Waals surface area contributed by atoms with Gasteiger partial charge in [-0.15, -0.1) is 11.3 Å². The first-order valence-corrected chi connectivity index (χ1v) is 8.14. The summed E-state index contributed by atoms with van der Waals surface area (Å²) in [5.74, 6) is -0.254. The van der Waals surface area contributed by atoms with Crippen LogP contribution in [0.5, 0.6) is 0 Å². The molecule has 0 aliphatic carbocycles. The molecule has 0 bridgehead atoms. The number of hydrogen-bond donors (Lipinski definition) is 2. The Hall–Kier alpha value is -2.25. The van der Waals surface area contributed by atoms with Crippen LogP contribution in [0.15, 0.2) is 29.6 Å². The lowest BCUT2D eigenvalue weighted by molar-refractivity contribution is 0.0779. The fourth-order valence-electron chi connectivity index (χ4n) is 2.09. The number of nitrogens with zero attached hydrogens (tertiary/aromatic N) is 2. The number of hydrogen-bond acceptors (Lipinski definition) is 5. The number of aromatic nitrogens is 1. The molecule has 2 rings (SSSR count). The summed E-state index contributed by atoms with van der Waals surface area (Å²) in [6.07, 6.45) is 0.683. The second-order valence-corrected chi connectivity index (χ2v) is 6.05. The fourth-order valence-corrected chi connectivity index (χ4v) is 2.88. The van der Waals surface area contributed by atoms with Crippen molar-refractivity contribution in [2.75, 3.05) is 20.6 Å². The zero-order valence-corrected chi connectivity index (χ0v) is 14.0. The number of carbonyl (C=O) groups excluding carboxylic acids is 2. The van der Waals surface area contributed by atoms with Gasteiger partial charge in [0.15, 0.2) is 0 Å². The highest BCUT2D eigenvalue weighted by atomic mass is 32.1. The molecule has 7 heteroatoms. The van der Waals surface area contributed by atoms with Gasteiger partial charge in [0.2, 0.25) is 0 Å². The van der Waals surface area contributed by atoms with Gasteiger partial charge in [-0.25, -0.2) is 4.98 Å². The molecule has 0 atom stereocenters. The highest BCUT2D eigenvalue weighted by Crippen LogP contribution is 2.14. The van der Waals surface area contributed by atoms with Gasteiger partial charge < -0.3 is 16.0 Å². The summed E-state index contributed by atoms with van der Waals surface area (Å²) in [6, 6.07) is 7.17. The van der Waals surface area contributed by atoms with E-state index in [-0.39, 0.29) is 11.8 Å². The molecule has 0 fully saturated rings. The number of amides is 2. The average Bonchev–Trinajstić information content (AvgIpc) is 3.03. The predicted octanol–water partition coefficient (Wildman–Crippen LogP) is 1.28. The first-order chi connectivity index (χ1) is 11.0. The molecule has 23 heavy (non-hydrogen) atoms. The summed E-state index contributed by atoms with van der Waals surface area (Å²) in [5, 5.41) is 5.21. The molecule has 1 heterocycles. The maximum absolute atomic E-state index is 12.4. The minimum absolute atomic E-state index is 0.125. The standard InChI is InChI=1S/C16H20N4O2S/c1-18-15(21)12-5-3-11(4-6-12)9-20(2)16(22)13-10-23-14(19-13)7-8-17/h3-6,10H,7-9,17H2,1-2H3,(H,18,21). The van der Waals surface area contributed by atoms with Gasteiger partial charge in [-0.1, -0.05) is 12.1 Å². The summed E-state index contributed by atoms with van der Waals surface area (Å²) in [7, 11) is 3.33. The second-order valence-electron chi connectivity index (χ2n) is 5.10. The Morgan fingerprint density at radius 3 is 2.61 bits per heavy atom. The van der Waals surface area contributed by atoms with E-state index in [1.54, 1.807) is 36.5 Å². The second kappa shape index (κ2) is 7.85. The summed E-state index contributed by atoms with van der Waals surface area (Å²) >= 11 is 1.45. The van der Waals surface area contributed by atoms with Crippen molar-refractivity contribution in [1.82, 2.24) is 15.2 Å². The zero-order valence-electron chi connectivity index (χ0n) is 13.2. The normalized spacial score (nSPS) is 10.4. The first kappa shape index (κ1) is 17.1. The number of nitrogens with two attached hydrogens (primary N) is 1. The minimum Gasteiger partial charge on any atom is -0.355 e. The number of rotatable bonds is 6. The lowest BCUT2D eigenvalue weighted by Crippen LogP contribution is -2.26. The van der Waals surface area contributed by atoms with E-state index in [0.29, 0.717) is 30.8 Å². The van der Waals surface area contributed by atoms with Crippen LogP contribution in [0, 0.1) is 0 Å². The van der Waals surface area contributed by atoms with Crippen molar-refractivity contribution < 1.29 is 9.59 Å². The number of carbonyl (C=O) groups is 2. The first-order valence-electron chi connectivity index (χ1n) is 7.26. The van der Waals surface area contributed by atoms with Gasteiger partial charge in [-0.05, 0) is 24.2 Å². The Balaban J connectivity index is 2.01. The molecule has 2 aromatic rings. The maximum Gasteiger partial charge on any atom is 0.273 e. The molecular formula is C16H20N4O2S. The van der Waals surface area contributed by atoms with E-state index < -0.39 is 0 Å². The molecule has 122 valence electrons. The number of thiazole rings is 1. The number of nitrogens with one attached hydrogen (secondary N) is 1. The van der Waals surface area contributed by atoms with E-state index in [4.69, 9.17) is 5.73 Å². The Morgan fingerprint density at radius 2 is 2.00 bits per heavy atom. The molecule has 1 aromatic heterocycles. The Bertz CT molecular complexity index is 682. The van der Waals surface area contributed by atoms with Gasteiger partial charge >= 0.3 is 0 Å². The molecule has 0 aliphatic rings. The lowest BCUT2D eigenvalue weighted by Gasteiger charge is -2.16. The van der Waals surface area contributed by atoms with Gasteiger partial charge in [0.25, 0.3) is 11.8 Å². The largest absolute Gasteiger partial charge is 0.355 e. The van der Waals surface area contributed by atoms with Crippen LogP contribution < -0.4 is 11.1 Å². The molecule has 1 aromatic carbocycles. The van der Waals surface area contributed by atoms with Gasteiger partial charge in [0, 0.05) is 38.0 Å². The topological polar surface area (TPSA) is 88.3 Å². The molecule has 0 saturated carbocycles. The van der Waals surface area contributed by atoms with Crippen LogP contribution in [0.2, 0.25) is 0 Å². The van der Waals surface area contributed by atoms with E-state index in [9.17, 15) is 9.59 Å². The third-order valence-electron chi connectivity index (χ3n) is 3.34. The molecule has 2 amide bonds. The third-order valence-corrected chi connectivity index (χ3v) is 4.25. The molecular weight excluding hydrogens is 312 g/mol. The van der Waals surface area contributed by atoms with E-state index in [0.717, 1.165) is 10.6 Å². The van der Waals surface area contributed by atoms with Gasteiger partial charge in [0.05, 0.1) is 5.01 Å². The summed E-state index contributed by atoms with van der Waals surface area (Å²) in [5.41, 5.74) is 7.48. The third kappa shape index (κ3) is 4.37. The Labute approximate surface area is 139 Å². The zero-order chi connectivity index (χ0) is 16.8. The van der Waals surface area contributed by atoms with Crippen LogP contribution in [0.4, 0.5) is 0 Å². The molecule has 0 unspecified atom stereocenters. The average molecular weight is 332 g/mol. The van der Waals surface area contributed by atoms with Crippen LogP contribution in [-0.4, -0.2) is 42.3 Å². The molecule has 0 aliphatic heterocycles. The highest BCUT2D eigenvalue weighted by molar-refractivity contribution is 7.09. The maximum atomic E-state index is 12.4. The minimum atomic E-state index is -0.129. The smallest absolute Gasteiger partial charge is 0.273 e. The molecule has 6 nitrogen and oxygen atoms in total. The van der Waals surface area contributed by atoms with Crippen LogP contribution >= 0.6 is 11.3 Å². The van der Waals surface area contributed by atoms with E-state index in [2.05, 4.69) is 10.3 Å². The van der Waals surface area contributed by atoms with Gasteiger partial charge in [0.1, 0.15) is 5.69 Å². The summed E-state index contributed by atoms with van der Waals surface area (Å²) in [4.78, 5) is 29.8. The fraction of sp³-hybridized carbons (Fsp3) is 0.312. The number of benzene rings is 1. The van der Waals surface area contributed by atoms with Crippen molar-refractivity contribution in [3.63, 3.8) is 0 Å². The Kier molecular flexibility index (Phi) is 5.84. The van der Waals surface area contributed by atoms with Crippen molar-refractivity contribution >= 4 is 23.2 Å². The van der Waals surface area contributed by atoms with Crippen molar-refractivity contribution in [1.29, 1.82) is 0 Å². The van der Waals surface area contributed by atoms with Crippen LogP contribution in [-0.2, 0) is 13.0 Å². The van der Waals surface area contributed by atoms with E-state index in [1.165, 1.54) is 11.3 Å². The van der Waals surface area contributed by atoms with Crippen molar-refractivity contribution in [2.45, 2.75) is 13.0 Å². The predicted molar refractivity (Wildman–Crippen MR) is 90.5 cm³/mol. The van der Waals surface area contributed by atoms with E-state index in [1.807, 2.05) is 12.1 Å². The lowest BCUT2D eigenvalue weighted by atomic mass is 10.1. The molecule has 0 spiro atoms. The molecule has 0 saturated heterocycles. The van der Waals surface area contributed by atoms with Gasteiger partial charge in [-0.3, -0.25) is 9.59 Å². The summed E-state index contributed by atoms with van der Waals surface area (Å²) < 4.78 is 0. The van der Waals surface area contributed by atoms with Crippen LogP contribution in [0.25, 0.3) is 0 Å². The van der Waals surface area contributed by atoms with Crippen LogP contribution in [0.1, 0.15) is 31.4 Å². The van der Waals surface area contributed by atoms with E-state index >= 15 is 0 Å². The summed E-state index contributed by atoms with van der Waals surface area (Å²) in [6.45, 7) is 0.977. The Morgan fingerprint density at radius 1 is 1.30 bits per heavy atom. The van der Waals surface area contributed by atoms with Gasteiger partial charge in [-0.2, -0.15) is 0 Å². The van der Waals surface area contributed by atoms with Crippen LogP contribution in [0.3, 0.4) is 0 Å². The molecule has 3 N–H and O–H groups in total. The SMILES string of the molecule is CNC(=O)c1ccc(CN(C)C(=O)c2csc(CCN)n2)cc1. The highest BCUT2D eigenvalue weighted by Gasteiger charge is 2.15. The molecule has 0 radical (unpaired) electrons.